The van der Waals surface area contributed by atoms with E-state index in [1.54, 1.807) is 29.5 Å². The quantitative estimate of drug-likeness (QED) is 0.0781. The number of hydrogen-bond donors (Lipinski definition) is 5. The van der Waals surface area contributed by atoms with Crippen molar-refractivity contribution in [3.05, 3.63) is 71.4 Å². The highest BCUT2D eigenvalue weighted by Gasteiger charge is 2.45. The van der Waals surface area contributed by atoms with Crippen LogP contribution in [0.25, 0.3) is 21.7 Å². The Hall–Kier alpha value is -5.61. The number of rotatable bonds is 17. The van der Waals surface area contributed by atoms with Gasteiger partial charge in [0.15, 0.2) is 5.82 Å². The number of hydrogen-bond acceptors (Lipinski definition) is 12. The van der Waals surface area contributed by atoms with Gasteiger partial charge in [0.25, 0.3) is 0 Å². The molecule has 4 aromatic rings. The van der Waals surface area contributed by atoms with Gasteiger partial charge in [-0.05, 0) is 67.3 Å². The zero-order valence-corrected chi connectivity index (χ0v) is 38.3. The standard InChI is InChI=1S/C48H63N9O6S/c1-30-43(64-29-51-30)32-19-17-31(18-20-32)25-50-46(62)39-23-35(58)28-56(39)47(63)44(48(2,3)4)52-41(60)15-9-7-5-6-8-10-16-42(61)57-33-21-22-34(57)27-55(26-33)38-24-37(53-54-45(38)49)36-13-11-12-14-40(36)59/h11-14,17-20,24,29,33-35,39,44,58-59H,5-10,15-16,21-23,25-28H2,1-4H3,(H2,49,54)(H,50,62)(H,52,60)/t33?,34?,35-,39+,44?/m1/s1. The number of nitrogen functional groups attached to an aromatic ring is 1. The number of nitrogens with one attached hydrogen (secondary N) is 2. The Morgan fingerprint density at radius 3 is 2.23 bits per heavy atom. The van der Waals surface area contributed by atoms with E-state index in [0.29, 0.717) is 43.0 Å². The first kappa shape index (κ1) is 46.4. The average Bonchev–Trinajstić information content (AvgIpc) is 3.96. The van der Waals surface area contributed by atoms with Crippen molar-refractivity contribution in [2.24, 2.45) is 5.41 Å². The van der Waals surface area contributed by atoms with Crippen LogP contribution in [0.4, 0.5) is 11.5 Å². The molecule has 4 amide bonds. The summed E-state index contributed by atoms with van der Waals surface area (Å²) in [6, 6.07) is 15.3. The molecule has 3 aliphatic rings. The SMILES string of the molecule is Cc1ncsc1-c1ccc(CNC(=O)[C@@H]2C[C@@H](O)CN2C(=O)C(NC(=O)CCCCCCCCC(=O)N2C3CCC2CN(c2cc(-c4ccccc4O)nnc2N)C3)C(C)(C)C)cc1. The predicted octanol–water partition coefficient (Wildman–Crippen LogP) is 5.97. The maximum Gasteiger partial charge on any atom is 0.246 e. The molecule has 16 heteroatoms. The number of piperazine rings is 1. The van der Waals surface area contributed by atoms with Crippen LogP contribution < -0.4 is 21.3 Å². The van der Waals surface area contributed by atoms with Gasteiger partial charge in [-0.25, -0.2) is 4.98 Å². The van der Waals surface area contributed by atoms with Crippen molar-refractivity contribution in [2.75, 3.05) is 30.3 Å². The van der Waals surface area contributed by atoms with Gasteiger partial charge in [-0.2, -0.15) is 0 Å². The molecule has 5 atom stereocenters. The first-order valence-electron chi connectivity index (χ1n) is 22.7. The summed E-state index contributed by atoms with van der Waals surface area (Å²) in [6.07, 6.45) is 7.13. The van der Waals surface area contributed by atoms with Crippen LogP contribution in [0.5, 0.6) is 5.75 Å². The number of aromatic nitrogens is 3. The summed E-state index contributed by atoms with van der Waals surface area (Å²) in [5.41, 5.74) is 12.3. The van der Waals surface area contributed by atoms with Crippen LogP contribution in [0.1, 0.15) is 103 Å². The number of aromatic hydroxyl groups is 1. The van der Waals surface area contributed by atoms with Gasteiger partial charge in [-0.15, -0.1) is 21.5 Å². The number of aliphatic hydroxyl groups excluding tert-OH is 1. The lowest BCUT2D eigenvalue weighted by Crippen LogP contribution is -2.57. The van der Waals surface area contributed by atoms with Crippen molar-refractivity contribution in [3.63, 3.8) is 0 Å². The maximum absolute atomic E-state index is 14.0. The Labute approximate surface area is 379 Å². The largest absolute Gasteiger partial charge is 0.507 e. The molecule has 0 spiro atoms. The first-order chi connectivity index (χ1) is 30.7. The number of benzene rings is 2. The van der Waals surface area contributed by atoms with E-state index in [9.17, 15) is 29.4 Å². The number of carbonyl (C=O) groups is 4. The monoisotopic (exact) mass is 893 g/mol. The lowest BCUT2D eigenvalue weighted by atomic mass is 9.85. The van der Waals surface area contributed by atoms with Crippen LogP contribution in [-0.2, 0) is 25.7 Å². The molecule has 342 valence electrons. The first-order valence-corrected chi connectivity index (χ1v) is 23.6. The zero-order valence-electron chi connectivity index (χ0n) is 37.5. The topological polar surface area (TPSA) is 207 Å². The lowest BCUT2D eigenvalue weighted by Gasteiger charge is -2.42. The number of aryl methyl sites for hydroxylation is 1. The van der Waals surface area contributed by atoms with Gasteiger partial charge < -0.3 is 41.3 Å². The molecule has 3 aliphatic heterocycles. The highest BCUT2D eigenvalue weighted by molar-refractivity contribution is 7.13. The molecule has 2 bridgehead atoms. The average molecular weight is 894 g/mol. The minimum absolute atomic E-state index is 0.0229. The fourth-order valence-corrected chi connectivity index (χ4v) is 10.2. The molecule has 15 nitrogen and oxygen atoms in total. The number of nitrogens with two attached hydrogens (primary N) is 1. The van der Waals surface area contributed by atoms with Crippen LogP contribution in [-0.4, -0.2) is 109 Å². The Morgan fingerprint density at radius 2 is 1.58 bits per heavy atom. The molecule has 3 fully saturated rings. The van der Waals surface area contributed by atoms with Crippen molar-refractivity contribution in [2.45, 2.75) is 135 Å². The highest BCUT2D eigenvalue weighted by Crippen LogP contribution is 2.37. The number of anilines is 2. The number of phenolic OH excluding ortho intramolecular Hbond substituents is 1. The van der Waals surface area contributed by atoms with E-state index in [1.165, 1.54) is 4.90 Å². The van der Waals surface area contributed by atoms with Gasteiger partial charge in [0.05, 0.1) is 33.6 Å². The third-order valence-corrected chi connectivity index (χ3v) is 13.8. The molecule has 0 radical (unpaired) electrons. The number of para-hydroxylation sites is 1. The van der Waals surface area contributed by atoms with E-state index in [4.69, 9.17) is 5.73 Å². The van der Waals surface area contributed by atoms with E-state index < -0.39 is 23.6 Å². The fourth-order valence-electron chi connectivity index (χ4n) is 9.38. The van der Waals surface area contributed by atoms with Crippen LogP contribution in [0.15, 0.2) is 60.1 Å². The third-order valence-electron chi connectivity index (χ3n) is 12.8. The van der Waals surface area contributed by atoms with Gasteiger partial charge >= 0.3 is 0 Å². The number of aliphatic hydroxyl groups is 1. The second kappa shape index (κ2) is 20.5. The molecule has 6 N–H and O–H groups in total. The second-order valence-electron chi connectivity index (χ2n) is 18.7. The summed E-state index contributed by atoms with van der Waals surface area (Å²) in [6.45, 7) is 9.26. The normalized spacial score (nSPS) is 20.0. The van der Waals surface area contributed by atoms with Gasteiger partial charge in [0, 0.05) is 63.1 Å². The number of thiazole rings is 1. The smallest absolute Gasteiger partial charge is 0.246 e. The summed E-state index contributed by atoms with van der Waals surface area (Å²) < 4.78 is 0. The number of nitrogens with zero attached hydrogens (tertiary/aromatic N) is 6. The van der Waals surface area contributed by atoms with Crippen molar-refractivity contribution in [1.82, 2.24) is 35.6 Å². The molecule has 3 saturated heterocycles. The maximum atomic E-state index is 14.0. The zero-order chi connectivity index (χ0) is 45.5. The molecule has 2 aromatic carbocycles. The Kier molecular flexibility index (Phi) is 14.8. The van der Waals surface area contributed by atoms with Gasteiger partial charge in [0.2, 0.25) is 23.6 Å². The second-order valence-corrected chi connectivity index (χ2v) is 19.5. The molecule has 3 unspecified atom stereocenters. The predicted molar refractivity (Wildman–Crippen MR) is 248 cm³/mol. The van der Waals surface area contributed by atoms with Crippen molar-refractivity contribution in [1.29, 1.82) is 0 Å². The number of carbonyl (C=O) groups excluding carboxylic acids is 4. The Morgan fingerprint density at radius 1 is 0.906 bits per heavy atom. The molecule has 0 saturated carbocycles. The molecule has 0 aliphatic carbocycles. The van der Waals surface area contributed by atoms with Crippen LogP contribution >= 0.6 is 11.3 Å². The third kappa shape index (κ3) is 11.0. The van der Waals surface area contributed by atoms with E-state index in [2.05, 4.69) is 35.6 Å². The van der Waals surface area contributed by atoms with E-state index in [-0.39, 0.29) is 67.4 Å². The molecule has 5 heterocycles. The number of fused-ring (bicyclic) bond motifs is 2. The van der Waals surface area contributed by atoms with E-state index >= 15 is 0 Å². The van der Waals surface area contributed by atoms with Crippen LogP contribution in [0.2, 0.25) is 0 Å². The Bertz CT molecular complexity index is 2270. The minimum Gasteiger partial charge on any atom is -0.507 e. The number of β-amino-alcohol motifs (C(OH)–C–C–N with tert-alkyl or cyclic N) is 1. The van der Waals surface area contributed by atoms with Crippen molar-refractivity contribution < 1.29 is 29.4 Å². The lowest BCUT2D eigenvalue weighted by molar-refractivity contribution is -0.144. The molecular formula is C48H63N9O6S. The summed E-state index contributed by atoms with van der Waals surface area (Å²) in [5.74, 6) is -0.278. The van der Waals surface area contributed by atoms with Gasteiger partial charge in [-0.1, -0.05) is 82.9 Å². The summed E-state index contributed by atoms with van der Waals surface area (Å²) in [4.78, 5) is 65.3. The minimum atomic E-state index is -0.868. The van der Waals surface area contributed by atoms with E-state index in [0.717, 1.165) is 72.3 Å². The van der Waals surface area contributed by atoms with Crippen molar-refractivity contribution in [3.8, 4) is 27.4 Å². The summed E-state index contributed by atoms with van der Waals surface area (Å²) in [7, 11) is 0. The number of phenols is 1. The van der Waals surface area contributed by atoms with E-state index in [1.807, 2.05) is 69.6 Å². The van der Waals surface area contributed by atoms with Crippen LogP contribution in [0, 0.1) is 12.3 Å². The number of likely N-dealkylation sites (tertiary alicyclic amines) is 1. The van der Waals surface area contributed by atoms with Crippen LogP contribution in [0.3, 0.4) is 0 Å². The van der Waals surface area contributed by atoms with Crippen molar-refractivity contribution >= 4 is 46.5 Å². The molecule has 7 rings (SSSR count). The van der Waals surface area contributed by atoms with Gasteiger partial charge in [0.1, 0.15) is 17.8 Å². The Balaban J connectivity index is 0.806. The van der Waals surface area contributed by atoms with Gasteiger partial charge in [-0.3, -0.25) is 19.2 Å². The molecule has 64 heavy (non-hydrogen) atoms. The molecule has 2 aromatic heterocycles. The number of amides is 4. The fraction of sp³-hybridized carbons (Fsp3) is 0.521. The molecular weight excluding hydrogens is 831 g/mol. The summed E-state index contributed by atoms with van der Waals surface area (Å²) in [5, 5.41) is 35.3. The highest BCUT2D eigenvalue weighted by atomic mass is 32.1. The summed E-state index contributed by atoms with van der Waals surface area (Å²) >= 11 is 1.58. The number of unbranched alkanes of at least 4 members (excludes halogenated alkanes) is 5.